The minimum atomic E-state index is -0.859. The van der Waals surface area contributed by atoms with Crippen molar-refractivity contribution in [3.8, 4) is 0 Å². The summed E-state index contributed by atoms with van der Waals surface area (Å²) in [6, 6.07) is -0.635. The van der Waals surface area contributed by atoms with Crippen molar-refractivity contribution < 1.29 is 15.0 Å². The minimum absolute atomic E-state index is 0.0674. The van der Waals surface area contributed by atoms with Gasteiger partial charge in [-0.15, -0.1) is 0 Å². The summed E-state index contributed by atoms with van der Waals surface area (Å²) >= 11 is 0. The monoisotopic (exact) mass is 816 g/mol. The molecule has 0 aromatic heterocycles. The van der Waals surface area contributed by atoms with E-state index in [9.17, 15) is 15.0 Å². The SMILES string of the molecule is CCCCCCCCCCCCCCC/C=C/CC/C=C/C(O)C(CO)NC(=O)CCCCCCCCCCCCCCCCCCCCCCCCCCCCC. The van der Waals surface area contributed by atoms with Crippen LogP contribution in [0.15, 0.2) is 24.3 Å². The molecule has 0 saturated carbocycles. The second kappa shape index (κ2) is 50.2. The van der Waals surface area contributed by atoms with Crippen LogP contribution in [0.1, 0.15) is 296 Å². The highest BCUT2D eigenvalue weighted by Crippen LogP contribution is 2.17. The number of amides is 1. The molecule has 2 atom stereocenters. The summed E-state index contributed by atoms with van der Waals surface area (Å²) in [4.78, 5) is 12.4. The van der Waals surface area contributed by atoms with E-state index in [1.165, 1.54) is 244 Å². The van der Waals surface area contributed by atoms with E-state index in [-0.39, 0.29) is 12.5 Å². The van der Waals surface area contributed by atoms with Crippen LogP contribution in [0.25, 0.3) is 0 Å². The van der Waals surface area contributed by atoms with Gasteiger partial charge in [0.2, 0.25) is 5.91 Å². The Morgan fingerprint density at radius 3 is 1.00 bits per heavy atom. The number of allylic oxidation sites excluding steroid dienone is 3. The second-order valence-corrected chi connectivity index (χ2v) is 18.3. The van der Waals surface area contributed by atoms with Crippen LogP contribution in [0.2, 0.25) is 0 Å². The molecule has 0 bridgehead atoms. The number of aliphatic hydroxyl groups is 2. The van der Waals surface area contributed by atoms with Gasteiger partial charge in [-0.3, -0.25) is 4.79 Å². The van der Waals surface area contributed by atoms with Crippen LogP contribution in [-0.2, 0) is 4.79 Å². The van der Waals surface area contributed by atoms with Gasteiger partial charge >= 0.3 is 0 Å². The van der Waals surface area contributed by atoms with Gasteiger partial charge in [0.05, 0.1) is 18.8 Å². The van der Waals surface area contributed by atoms with Crippen molar-refractivity contribution in [2.75, 3.05) is 6.61 Å². The summed E-state index contributed by atoms with van der Waals surface area (Å²) in [6.45, 7) is 4.33. The number of nitrogens with one attached hydrogen (secondary N) is 1. The molecule has 0 aromatic carbocycles. The quantitative estimate of drug-likeness (QED) is 0.0423. The van der Waals surface area contributed by atoms with Crippen molar-refractivity contribution in [2.45, 2.75) is 309 Å². The fraction of sp³-hybridized carbons (Fsp3) is 0.907. The molecule has 0 saturated heterocycles. The molecule has 1 amide bonds. The smallest absolute Gasteiger partial charge is 0.220 e. The second-order valence-electron chi connectivity index (χ2n) is 18.3. The summed E-state index contributed by atoms with van der Waals surface area (Å²) in [5, 5.41) is 23.1. The molecule has 4 heteroatoms. The summed E-state index contributed by atoms with van der Waals surface area (Å²) in [5.74, 6) is -0.0674. The zero-order valence-corrected chi connectivity index (χ0v) is 39.6. The van der Waals surface area contributed by atoms with Gasteiger partial charge in [0.15, 0.2) is 0 Å². The molecular formula is C54H105NO3. The van der Waals surface area contributed by atoms with Crippen LogP contribution in [0.4, 0.5) is 0 Å². The number of carbonyl (C=O) groups excluding carboxylic acids is 1. The average molecular weight is 816 g/mol. The Kier molecular flexibility index (Phi) is 49.2. The summed E-state index contributed by atoms with van der Waals surface area (Å²) in [5.41, 5.74) is 0. The van der Waals surface area contributed by atoms with Gasteiger partial charge < -0.3 is 15.5 Å². The lowest BCUT2D eigenvalue weighted by Gasteiger charge is -2.19. The third-order valence-electron chi connectivity index (χ3n) is 12.4. The van der Waals surface area contributed by atoms with Crippen LogP contribution in [0.5, 0.6) is 0 Å². The van der Waals surface area contributed by atoms with Crippen molar-refractivity contribution in [3.63, 3.8) is 0 Å². The largest absolute Gasteiger partial charge is 0.394 e. The molecular weight excluding hydrogens is 711 g/mol. The molecule has 2 unspecified atom stereocenters. The predicted octanol–water partition coefficient (Wildman–Crippen LogP) is 17.1. The fourth-order valence-electron chi connectivity index (χ4n) is 8.37. The van der Waals surface area contributed by atoms with Crippen molar-refractivity contribution in [1.82, 2.24) is 5.32 Å². The van der Waals surface area contributed by atoms with Gasteiger partial charge in [-0.2, -0.15) is 0 Å². The van der Waals surface area contributed by atoms with E-state index in [0.717, 1.165) is 32.1 Å². The molecule has 4 nitrogen and oxygen atoms in total. The van der Waals surface area contributed by atoms with E-state index in [1.807, 2.05) is 6.08 Å². The molecule has 0 aromatic rings. The number of aliphatic hydroxyl groups excluding tert-OH is 2. The molecule has 0 fully saturated rings. The maximum atomic E-state index is 12.4. The third kappa shape index (κ3) is 45.9. The van der Waals surface area contributed by atoms with Crippen LogP contribution in [-0.4, -0.2) is 34.9 Å². The molecule has 0 heterocycles. The molecule has 0 aliphatic carbocycles. The molecule has 0 rings (SSSR count). The van der Waals surface area contributed by atoms with Crippen LogP contribution in [0.3, 0.4) is 0 Å². The first-order chi connectivity index (χ1) is 28.7. The molecule has 58 heavy (non-hydrogen) atoms. The van der Waals surface area contributed by atoms with Crippen molar-refractivity contribution >= 4 is 5.91 Å². The standard InChI is InChI=1S/C54H105NO3/c1-3-5-7-9-11-13-15-17-19-21-23-24-25-26-27-28-29-30-32-34-36-38-40-42-44-46-48-50-54(58)55-52(51-56)53(57)49-47-45-43-41-39-37-35-33-31-22-20-18-16-14-12-10-8-6-4-2/h39,41,47,49,52-53,56-57H,3-38,40,42-46,48,50-51H2,1-2H3,(H,55,58)/b41-39+,49-47+. The highest BCUT2D eigenvalue weighted by atomic mass is 16.3. The Morgan fingerprint density at radius 2 is 0.672 bits per heavy atom. The molecule has 344 valence electrons. The molecule has 0 spiro atoms. The number of hydrogen-bond donors (Lipinski definition) is 3. The number of unbranched alkanes of at least 4 members (excludes halogenated alkanes) is 40. The zero-order valence-electron chi connectivity index (χ0n) is 39.6. The lowest BCUT2D eigenvalue weighted by molar-refractivity contribution is -0.123. The van der Waals surface area contributed by atoms with E-state index in [4.69, 9.17) is 0 Å². The zero-order chi connectivity index (χ0) is 42.1. The normalized spacial score (nSPS) is 13.0. The number of rotatable bonds is 49. The van der Waals surface area contributed by atoms with Gasteiger partial charge in [0.25, 0.3) is 0 Å². The van der Waals surface area contributed by atoms with Crippen LogP contribution < -0.4 is 5.32 Å². The summed E-state index contributed by atoms with van der Waals surface area (Å²) in [6.07, 6.45) is 66.2. The summed E-state index contributed by atoms with van der Waals surface area (Å²) < 4.78 is 0. The molecule has 3 N–H and O–H groups in total. The van der Waals surface area contributed by atoms with Crippen LogP contribution >= 0.6 is 0 Å². The Morgan fingerprint density at radius 1 is 0.397 bits per heavy atom. The third-order valence-corrected chi connectivity index (χ3v) is 12.4. The highest BCUT2D eigenvalue weighted by molar-refractivity contribution is 5.76. The van der Waals surface area contributed by atoms with Crippen molar-refractivity contribution in [1.29, 1.82) is 0 Å². The number of hydrogen-bond acceptors (Lipinski definition) is 3. The van der Waals surface area contributed by atoms with Gasteiger partial charge in [0, 0.05) is 6.42 Å². The first-order valence-electron chi connectivity index (χ1n) is 26.6. The topological polar surface area (TPSA) is 69.6 Å². The van der Waals surface area contributed by atoms with E-state index in [1.54, 1.807) is 6.08 Å². The van der Waals surface area contributed by atoms with Crippen molar-refractivity contribution in [3.05, 3.63) is 24.3 Å². The van der Waals surface area contributed by atoms with E-state index >= 15 is 0 Å². The predicted molar refractivity (Wildman–Crippen MR) is 258 cm³/mol. The van der Waals surface area contributed by atoms with Gasteiger partial charge in [0.1, 0.15) is 0 Å². The van der Waals surface area contributed by atoms with Gasteiger partial charge in [-0.25, -0.2) is 0 Å². The fourth-order valence-corrected chi connectivity index (χ4v) is 8.37. The summed E-state index contributed by atoms with van der Waals surface area (Å²) in [7, 11) is 0. The average Bonchev–Trinajstić information content (AvgIpc) is 3.23. The maximum Gasteiger partial charge on any atom is 0.220 e. The van der Waals surface area contributed by atoms with Gasteiger partial charge in [-0.1, -0.05) is 282 Å². The molecule has 0 radical (unpaired) electrons. The molecule has 0 aliphatic heterocycles. The van der Waals surface area contributed by atoms with Gasteiger partial charge in [-0.05, 0) is 32.1 Å². The van der Waals surface area contributed by atoms with E-state index < -0.39 is 12.1 Å². The minimum Gasteiger partial charge on any atom is -0.394 e. The Balaban J connectivity index is 3.48. The number of carbonyl (C=O) groups is 1. The molecule has 0 aliphatic rings. The Labute approximate surface area is 364 Å². The van der Waals surface area contributed by atoms with E-state index in [2.05, 4.69) is 31.3 Å². The van der Waals surface area contributed by atoms with Crippen LogP contribution in [0, 0.1) is 0 Å². The lowest BCUT2D eigenvalue weighted by atomic mass is 10.0. The maximum absolute atomic E-state index is 12.4. The first-order valence-corrected chi connectivity index (χ1v) is 26.6. The van der Waals surface area contributed by atoms with E-state index in [0.29, 0.717) is 6.42 Å². The first kappa shape index (κ1) is 56.9. The van der Waals surface area contributed by atoms with Crippen molar-refractivity contribution in [2.24, 2.45) is 0 Å². The lowest BCUT2D eigenvalue weighted by Crippen LogP contribution is -2.45. The Hall–Kier alpha value is -1.13. The highest BCUT2D eigenvalue weighted by Gasteiger charge is 2.18. The Bertz CT molecular complexity index is 840.